The highest BCUT2D eigenvalue weighted by molar-refractivity contribution is 5.75. The van der Waals surface area contributed by atoms with Gasteiger partial charge in [0.25, 0.3) is 0 Å². The van der Waals surface area contributed by atoms with Crippen molar-refractivity contribution < 1.29 is 23.7 Å². The number of carbonyl (C=O) groups excluding carboxylic acids is 1. The van der Waals surface area contributed by atoms with Gasteiger partial charge < -0.3 is 18.9 Å². The number of azide groups is 1. The van der Waals surface area contributed by atoms with Crippen LogP contribution in [0.2, 0.25) is 0 Å². The van der Waals surface area contributed by atoms with Gasteiger partial charge in [0, 0.05) is 25.0 Å². The third-order valence-electron chi connectivity index (χ3n) is 6.45. The summed E-state index contributed by atoms with van der Waals surface area (Å²) >= 11 is 0. The Balaban J connectivity index is 2.14. The van der Waals surface area contributed by atoms with Crippen molar-refractivity contribution in [2.24, 2.45) is 28.8 Å². The van der Waals surface area contributed by atoms with Crippen LogP contribution < -0.4 is 9.47 Å². The number of ether oxygens (including phenoxy) is 4. The van der Waals surface area contributed by atoms with E-state index in [4.69, 9.17) is 18.9 Å². The lowest BCUT2D eigenvalue weighted by atomic mass is 9.82. The monoisotopic (exact) mass is 461 g/mol. The highest BCUT2D eigenvalue weighted by atomic mass is 16.6. The van der Waals surface area contributed by atoms with E-state index in [0.29, 0.717) is 43.5 Å². The molecule has 0 aromatic heterocycles. The van der Waals surface area contributed by atoms with Crippen LogP contribution in [0.5, 0.6) is 11.5 Å². The summed E-state index contributed by atoms with van der Waals surface area (Å²) < 4.78 is 22.1. The first kappa shape index (κ1) is 26.8. The fourth-order valence-electron chi connectivity index (χ4n) is 4.30. The normalized spacial score (nSPS) is 19.8. The summed E-state index contributed by atoms with van der Waals surface area (Å²) in [5, 5.41) is 4.05. The molecule has 1 aliphatic rings. The lowest BCUT2D eigenvalue weighted by Gasteiger charge is -2.27. The van der Waals surface area contributed by atoms with E-state index in [-0.39, 0.29) is 35.9 Å². The summed E-state index contributed by atoms with van der Waals surface area (Å²) in [6.07, 6.45) is 2.48. The molecule has 0 spiro atoms. The van der Waals surface area contributed by atoms with Crippen LogP contribution in [0.3, 0.4) is 0 Å². The van der Waals surface area contributed by atoms with Crippen molar-refractivity contribution in [2.75, 3.05) is 27.4 Å². The third-order valence-corrected chi connectivity index (χ3v) is 6.45. The lowest BCUT2D eigenvalue weighted by Crippen LogP contribution is -2.29. The number of hydrogen-bond acceptors (Lipinski definition) is 6. The molecule has 8 nitrogen and oxygen atoms in total. The van der Waals surface area contributed by atoms with E-state index in [1.54, 1.807) is 14.2 Å². The summed E-state index contributed by atoms with van der Waals surface area (Å²) in [5.41, 5.74) is 10.3. The minimum atomic E-state index is -0.377. The average Bonchev–Trinajstić information content (AvgIpc) is 3.17. The molecule has 1 aromatic rings. The molecule has 1 aromatic carbocycles. The standard InChI is InChI=1S/C25H39N3O5/c1-16(2)19(14-21(27-28-26)23-15-20(17(3)4)25(29)33-23)12-18-8-9-22(31-6)24(13-18)32-11-7-10-30-5/h8-9,13,16-17,19-21,23H,7,10-12,14-15H2,1-6H3/t19?,20-,21?,23-/m0/s1. The van der Waals surface area contributed by atoms with Gasteiger partial charge in [-0.05, 0) is 60.2 Å². The lowest BCUT2D eigenvalue weighted by molar-refractivity contribution is -0.145. The fourth-order valence-corrected chi connectivity index (χ4v) is 4.30. The van der Waals surface area contributed by atoms with Gasteiger partial charge in [-0.2, -0.15) is 0 Å². The Kier molecular flexibility index (Phi) is 10.8. The number of methoxy groups -OCH3 is 2. The maximum Gasteiger partial charge on any atom is 0.309 e. The summed E-state index contributed by atoms with van der Waals surface area (Å²) in [4.78, 5) is 15.3. The van der Waals surface area contributed by atoms with Crippen LogP contribution in [0.15, 0.2) is 23.3 Å². The van der Waals surface area contributed by atoms with Crippen LogP contribution >= 0.6 is 0 Å². The molecule has 1 heterocycles. The summed E-state index contributed by atoms with van der Waals surface area (Å²) in [5.74, 6) is 1.89. The van der Waals surface area contributed by atoms with E-state index in [1.165, 1.54) is 0 Å². The summed E-state index contributed by atoms with van der Waals surface area (Å²) in [6, 6.07) is 5.62. The van der Waals surface area contributed by atoms with Crippen molar-refractivity contribution in [1.29, 1.82) is 0 Å². The van der Waals surface area contributed by atoms with Gasteiger partial charge in [0.2, 0.25) is 0 Å². The Hall–Kier alpha value is -2.44. The zero-order valence-corrected chi connectivity index (χ0v) is 20.8. The fraction of sp³-hybridized carbons (Fsp3) is 0.720. The van der Waals surface area contributed by atoms with Gasteiger partial charge in [-0.15, -0.1) is 0 Å². The first-order valence-corrected chi connectivity index (χ1v) is 11.8. The molecular formula is C25H39N3O5. The predicted octanol–water partition coefficient (Wildman–Crippen LogP) is 5.58. The van der Waals surface area contributed by atoms with Crippen LogP contribution in [-0.2, 0) is 20.7 Å². The molecule has 0 aliphatic carbocycles. The Labute approximate surface area is 197 Å². The van der Waals surface area contributed by atoms with Crippen molar-refractivity contribution in [1.82, 2.24) is 0 Å². The van der Waals surface area contributed by atoms with E-state index in [0.717, 1.165) is 18.4 Å². The largest absolute Gasteiger partial charge is 0.493 e. The van der Waals surface area contributed by atoms with Crippen LogP contribution in [0.4, 0.5) is 0 Å². The first-order chi connectivity index (χ1) is 15.8. The number of cyclic esters (lactones) is 1. The molecule has 33 heavy (non-hydrogen) atoms. The topological polar surface area (TPSA) is 103 Å². The Morgan fingerprint density at radius 3 is 2.52 bits per heavy atom. The second-order valence-corrected chi connectivity index (χ2v) is 9.46. The molecule has 8 heteroatoms. The van der Waals surface area contributed by atoms with Crippen molar-refractivity contribution in [2.45, 2.75) is 65.5 Å². The van der Waals surface area contributed by atoms with E-state index in [1.807, 2.05) is 32.0 Å². The van der Waals surface area contributed by atoms with Gasteiger partial charge in [-0.3, -0.25) is 4.79 Å². The van der Waals surface area contributed by atoms with Crippen LogP contribution in [0.1, 0.15) is 52.5 Å². The molecule has 0 radical (unpaired) electrons. The number of esters is 1. The second kappa shape index (κ2) is 13.3. The molecule has 0 saturated carbocycles. The molecule has 184 valence electrons. The maximum absolute atomic E-state index is 12.3. The smallest absolute Gasteiger partial charge is 0.309 e. The maximum atomic E-state index is 12.3. The second-order valence-electron chi connectivity index (χ2n) is 9.46. The SMILES string of the molecule is COCCCOc1cc(CC(CC(N=[N+]=[N-])[C@@H]2C[C@@H](C(C)C)C(=O)O2)C(C)C)ccc1OC. The first-order valence-electron chi connectivity index (χ1n) is 11.8. The molecule has 1 saturated heterocycles. The van der Waals surface area contributed by atoms with Crippen LogP contribution in [-0.4, -0.2) is 45.5 Å². The van der Waals surface area contributed by atoms with Gasteiger partial charge in [0.05, 0.1) is 25.7 Å². The van der Waals surface area contributed by atoms with Crippen molar-refractivity contribution in [3.63, 3.8) is 0 Å². The predicted molar refractivity (Wildman–Crippen MR) is 127 cm³/mol. The van der Waals surface area contributed by atoms with E-state index >= 15 is 0 Å². The minimum Gasteiger partial charge on any atom is -0.493 e. The van der Waals surface area contributed by atoms with Crippen LogP contribution in [0, 0.1) is 23.7 Å². The molecule has 1 fully saturated rings. The van der Waals surface area contributed by atoms with E-state index < -0.39 is 0 Å². The molecule has 2 unspecified atom stereocenters. The number of carbonyl (C=O) groups is 1. The van der Waals surface area contributed by atoms with Gasteiger partial charge in [0.15, 0.2) is 11.5 Å². The van der Waals surface area contributed by atoms with Crippen molar-refractivity contribution >= 4 is 5.97 Å². The quantitative estimate of drug-likeness (QED) is 0.118. The number of nitrogens with zero attached hydrogens (tertiary/aromatic N) is 3. The molecule has 4 atom stereocenters. The Bertz CT molecular complexity index is 807. The number of rotatable bonds is 14. The van der Waals surface area contributed by atoms with Gasteiger partial charge in [0.1, 0.15) is 6.10 Å². The summed E-state index contributed by atoms with van der Waals surface area (Å²) in [7, 11) is 3.30. The molecule has 1 aliphatic heterocycles. The number of hydrogen-bond donors (Lipinski definition) is 0. The molecule has 0 N–H and O–H groups in total. The molecule has 0 amide bonds. The molecule has 2 rings (SSSR count). The minimum absolute atomic E-state index is 0.136. The zero-order chi connectivity index (χ0) is 24.4. The van der Waals surface area contributed by atoms with Gasteiger partial charge in [-0.25, -0.2) is 0 Å². The average molecular weight is 462 g/mol. The van der Waals surface area contributed by atoms with Crippen molar-refractivity contribution in [3.05, 3.63) is 34.2 Å². The van der Waals surface area contributed by atoms with E-state index in [2.05, 4.69) is 23.9 Å². The zero-order valence-electron chi connectivity index (χ0n) is 20.8. The van der Waals surface area contributed by atoms with Gasteiger partial charge >= 0.3 is 5.97 Å². The summed E-state index contributed by atoms with van der Waals surface area (Å²) in [6.45, 7) is 9.56. The molecular weight excluding hydrogens is 422 g/mol. The highest BCUT2D eigenvalue weighted by Crippen LogP contribution is 2.35. The molecule has 0 bridgehead atoms. The van der Waals surface area contributed by atoms with Gasteiger partial charge in [-0.1, -0.05) is 38.9 Å². The third kappa shape index (κ3) is 7.83. The Morgan fingerprint density at radius 1 is 1.18 bits per heavy atom. The van der Waals surface area contributed by atoms with E-state index in [9.17, 15) is 10.3 Å². The van der Waals surface area contributed by atoms with Crippen molar-refractivity contribution in [3.8, 4) is 11.5 Å². The van der Waals surface area contributed by atoms with Crippen LogP contribution in [0.25, 0.3) is 10.4 Å². The number of benzene rings is 1. The Morgan fingerprint density at radius 2 is 1.94 bits per heavy atom. The highest BCUT2D eigenvalue weighted by Gasteiger charge is 2.40.